The second-order valence-electron chi connectivity index (χ2n) is 3.24. The van der Waals surface area contributed by atoms with Crippen molar-refractivity contribution in [3.05, 3.63) is 39.5 Å². The minimum Gasteiger partial charge on any atom is -0.451 e. The highest BCUT2D eigenvalue weighted by Gasteiger charge is 2.21. The van der Waals surface area contributed by atoms with E-state index in [1.165, 1.54) is 6.20 Å². The van der Waals surface area contributed by atoms with Crippen molar-refractivity contribution in [3.63, 3.8) is 0 Å². The Labute approximate surface area is 106 Å². The number of hydrogen-bond donors (Lipinski definition) is 1. The molecular weight excluding hydrogens is 295 g/mol. The molecule has 2 aromatic heterocycles. The molecule has 1 unspecified atom stereocenters. The van der Waals surface area contributed by atoms with Crippen LogP contribution in [0.25, 0.3) is 0 Å². The molecule has 0 saturated carbocycles. The topological polar surface area (TPSA) is 51.2 Å². The summed E-state index contributed by atoms with van der Waals surface area (Å²) in [6.07, 6.45) is 0.614. The molecule has 2 aromatic rings. The van der Waals surface area contributed by atoms with Gasteiger partial charge in [0.15, 0.2) is 10.8 Å². The first-order valence-electron chi connectivity index (χ1n) is 4.78. The Morgan fingerprint density at radius 3 is 2.94 bits per heavy atom. The van der Waals surface area contributed by atoms with Gasteiger partial charge in [0, 0.05) is 6.54 Å². The summed E-state index contributed by atoms with van der Waals surface area (Å²) in [6, 6.07) is 3.41. The van der Waals surface area contributed by atoms with Crippen molar-refractivity contribution in [2.24, 2.45) is 0 Å². The van der Waals surface area contributed by atoms with E-state index < -0.39 is 6.10 Å². The van der Waals surface area contributed by atoms with Gasteiger partial charge in [-0.2, -0.15) is 5.10 Å². The minimum absolute atomic E-state index is 0.432. The fourth-order valence-corrected chi connectivity index (χ4v) is 2.07. The zero-order chi connectivity index (χ0) is 11.7. The quantitative estimate of drug-likeness (QED) is 0.948. The van der Waals surface area contributed by atoms with Crippen LogP contribution in [0.5, 0.6) is 0 Å². The highest BCUT2D eigenvalue weighted by atomic mass is 79.9. The van der Waals surface area contributed by atoms with Gasteiger partial charge < -0.3 is 9.52 Å². The number of nitrogens with zero attached hydrogens (tertiary/aromatic N) is 2. The minimum atomic E-state index is -0.902. The second-order valence-corrected chi connectivity index (χ2v) is 4.43. The van der Waals surface area contributed by atoms with Gasteiger partial charge in [0.1, 0.15) is 5.76 Å². The zero-order valence-corrected chi connectivity index (χ0v) is 10.9. The van der Waals surface area contributed by atoms with Crippen molar-refractivity contribution in [2.75, 3.05) is 0 Å². The van der Waals surface area contributed by atoms with E-state index in [-0.39, 0.29) is 0 Å². The number of aromatic nitrogens is 2. The lowest BCUT2D eigenvalue weighted by Gasteiger charge is -2.10. The van der Waals surface area contributed by atoms with Gasteiger partial charge in [0.25, 0.3) is 0 Å². The molecule has 2 rings (SSSR count). The lowest BCUT2D eigenvalue weighted by atomic mass is 10.2. The average Bonchev–Trinajstić information content (AvgIpc) is 2.83. The van der Waals surface area contributed by atoms with Crippen LogP contribution in [0.15, 0.2) is 27.4 Å². The maximum atomic E-state index is 10.1. The summed E-state index contributed by atoms with van der Waals surface area (Å²) in [5, 5.41) is 14.6. The van der Waals surface area contributed by atoms with Gasteiger partial charge in [0.05, 0.1) is 16.9 Å². The van der Waals surface area contributed by atoms with Gasteiger partial charge in [-0.1, -0.05) is 11.6 Å². The Morgan fingerprint density at radius 2 is 2.38 bits per heavy atom. The van der Waals surface area contributed by atoms with E-state index in [0.29, 0.717) is 27.7 Å². The standard InChI is InChI=1S/C10H10BrClN2O2/c1-2-14-9(6(12)5-13-14)10(15)7-3-4-8(11)16-7/h3-5,10,15H,2H2,1H3. The van der Waals surface area contributed by atoms with Crippen LogP contribution in [-0.2, 0) is 6.54 Å². The molecular formula is C10H10BrClN2O2. The normalized spacial score (nSPS) is 13.0. The summed E-state index contributed by atoms with van der Waals surface area (Å²) in [7, 11) is 0. The molecule has 0 saturated heterocycles. The summed E-state index contributed by atoms with van der Waals surface area (Å²) in [6.45, 7) is 2.57. The van der Waals surface area contributed by atoms with Gasteiger partial charge >= 0.3 is 0 Å². The van der Waals surface area contributed by atoms with Crippen LogP contribution in [0.1, 0.15) is 24.5 Å². The third-order valence-electron chi connectivity index (χ3n) is 2.26. The molecule has 0 spiro atoms. The van der Waals surface area contributed by atoms with Crippen LogP contribution in [0.3, 0.4) is 0 Å². The van der Waals surface area contributed by atoms with Crippen molar-refractivity contribution in [1.82, 2.24) is 9.78 Å². The first-order valence-corrected chi connectivity index (χ1v) is 5.95. The second kappa shape index (κ2) is 4.61. The molecule has 6 heteroatoms. The van der Waals surface area contributed by atoms with E-state index in [2.05, 4.69) is 21.0 Å². The summed E-state index contributed by atoms with van der Waals surface area (Å²) in [5.74, 6) is 0.434. The number of furan rings is 1. The first-order chi connectivity index (χ1) is 7.63. The van der Waals surface area contributed by atoms with Crippen LogP contribution in [0.2, 0.25) is 5.02 Å². The molecule has 0 aliphatic heterocycles. The van der Waals surface area contributed by atoms with Crippen molar-refractivity contribution < 1.29 is 9.52 Å². The van der Waals surface area contributed by atoms with Crippen LogP contribution < -0.4 is 0 Å². The molecule has 1 atom stereocenters. The van der Waals surface area contributed by atoms with Crippen LogP contribution in [0.4, 0.5) is 0 Å². The van der Waals surface area contributed by atoms with Crippen molar-refractivity contribution in [2.45, 2.75) is 19.6 Å². The number of rotatable bonds is 3. The Hall–Kier alpha value is -0.780. The third-order valence-corrected chi connectivity index (χ3v) is 2.97. The van der Waals surface area contributed by atoms with E-state index in [1.807, 2.05) is 6.92 Å². The lowest BCUT2D eigenvalue weighted by Crippen LogP contribution is -2.08. The van der Waals surface area contributed by atoms with Crippen LogP contribution in [0, 0.1) is 0 Å². The number of aryl methyl sites for hydroxylation is 1. The first kappa shape index (κ1) is 11.7. The van der Waals surface area contributed by atoms with Crippen LogP contribution >= 0.6 is 27.5 Å². The smallest absolute Gasteiger partial charge is 0.169 e. The summed E-state index contributed by atoms with van der Waals surface area (Å²) < 4.78 is 7.50. The molecule has 4 nitrogen and oxygen atoms in total. The molecule has 1 N–H and O–H groups in total. The maximum absolute atomic E-state index is 10.1. The summed E-state index contributed by atoms with van der Waals surface area (Å²) in [4.78, 5) is 0. The van der Waals surface area contributed by atoms with E-state index in [1.54, 1.807) is 16.8 Å². The molecule has 16 heavy (non-hydrogen) atoms. The van der Waals surface area contributed by atoms with Gasteiger partial charge in [-0.05, 0) is 35.0 Å². The molecule has 0 amide bonds. The molecule has 0 aromatic carbocycles. The van der Waals surface area contributed by atoms with Gasteiger partial charge in [-0.3, -0.25) is 4.68 Å². The maximum Gasteiger partial charge on any atom is 0.169 e. The summed E-state index contributed by atoms with van der Waals surface area (Å²) in [5.41, 5.74) is 0.547. The van der Waals surface area contributed by atoms with Crippen molar-refractivity contribution in [3.8, 4) is 0 Å². The molecule has 2 heterocycles. The van der Waals surface area contributed by atoms with Gasteiger partial charge in [-0.25, -0.2) is 0 Å². The number of halogens is 2. The molecule has 0 bridgehead atoms. The SMILES string of the molecule is CCn1ncc(Cl)c1C(O)c1ccc(Br)o1. The number of aliphatic hydroxyl groups excluding tert-OH is 1. The molecule has 86 valence electrons. The zero-order valence-electron chi connectivity index (χ0n) is 8.52. The number of aliphatic hydroxyl groups is 1. The lowest BCUT2D eigenvalue weighted by molar-refractivity contribution is 0.177. The average molecular weight is 306 g/mol. The Kier molecular flexibility index (Phi) is 3.37. The van der Waals surface area contributed by atoms with E-state index in [4.69, 9.17) is 16.0 Å². The Balaban J connectivity index is 2.40. The summed E-state index contributed by atoms with van der Waals surface area (Å²) >= 11 is 9.16. The highest BCUT2D eigenvalue weighted by molar-refractivity contribution is 9.10. The Morgan fingerprint density at radius 1 is 1.62 bits per heavy atom. The third kappa shape index (κ3) is 2.03. The van der Waals surface area contributed by atoms with Crippen LogP contribution in [-0.4, -0.2) is 14.9 Å². The highest BCUT2D eigenvalue weighted by Crippen LogP contribution is 2.30. The van der Waals surface area contributed by atoms with E-state index in [0.717, 1.165) is 0 Å². The fraction of sp³-hybridized carbons (Fsp3) is 0.300. The van der Waals surface area contributed by atoms with Crippen molar-refractivity contribution in [1.29, 1.82) is 0 Å². The molecule has 0 radical (unpaired) electrons. The van der Waals surface area contributed by atoms with E-state index >= 15 is 0 Å². The molecule has 0 aliphatic rings. The molecule has 0 fully saturated rings. The fourth-order valence-electron chi connectivity index (χ4n) is 1.51. The van der Waals surface area contributed by atoms with Crippen molar-refractivity contribution >= 4 is 27.5 Å². The van der Waals surface area contributed by atoms with E-state index in [9.17, 15) is 5.11 Å². The molecule has 0 aliphatic carbocycles. The van der Waals surface area contributed by atoms with Gasteiger partial charge in [0.2, 0.25) is 0 Å². The Bertz CT molecular complexity index is 495. The predicted molar refractivity (Wildman–Crippen MR) is 63.4 cm³/mol. The largest absolute Gasteiger partial charge is 0.451 e. The predicted octanol–water partition coefficient (Wildman–Crippen LogP) is 2.99. The number of hydrogen-bond acceptors (Lipinski definition) is 3. The monoisotopic (exact) mass is 304 g/mol. The van der Waals surface area contributed by atoms with Gasteiger partial charge in [-0.15, -0.1) is 0 Å².